The van der Waals surface area contributed by atoms with Crippen LogP contribution in [0.3, 0.4) is 0 Å². The second-order valence-electron chi connectivity index (χ2n) is 15.0. The van der Waals surface area contributed by atoms with Gasteiger partial charge in [-0.2, -0.15) is 0 Å². The zero-order chi connectivity index (χ0) is 27.0. The Bertz CT molecular complexity index is 924. The normalized spacial score (nSPS) is 49.9. The van der Waals surface area contributed by atoms with Crippen LogP contribution >= 0.6 is 0 Å². The fraction of sp³-hybridized carbons (Fsp3) is 0.969. The van der Waals surface area contributed by atoms with Crippen molar-refractivity contribution in [2.45, 2.75) is 121 Å². The third-order valence-electron chi connectivity index (χ3n) is 13.4. The number of fused-ring (bicyclic) bond motifs is 5. The summed E-state index contributed by atoms with van der Waals surface area (Å²) in [5.74, 6) is 2.19. The molecule has 3 saturated heterocycles. The smallest absolute Gasteiger partial charge is 0.302 e. The molecule has 3 heterocycles. The predicted octanol–water partition coefficient (Wildman–Crippen LogP) is 4.21. The molecule has 0 unspecified atom stereocenters. The van der Waals surface area contributed by atoms with Crippen molar-refractivity contribution in [1.29, 1.82) is 0 Å². The molecule has 1 spiro atoms. The van der Waals surface area contributed by atoms with Crippen LogP contribution in [0.2, 0.25) is 0 Å². The van der Waals surface area contributed by atoms with E-state index in [9.17, 15) is 9.90 Å². The number of aliphatic hydroxyl groups excluding tert-OH is 1. The summed E-state index contributed by atoms with van der Waals surface area (Å²) in [7, 11) is 0. The predicted molar refractivity (Wildman–Crippen MR) is 148 cm³/mol. The molecule has 1 N–H and O–H groups in total. The van der Waals surface area contributed by atoms with Gasteiger partial charge in [-0.05, 0) is 100.0 Å². The minimum absolute atomic E-state index is 0.0335. The molecule has 7 nitrogen and oxygen atoms in total. The number of carbonyl (C=O) groups is 1. The van der Waals surface area contributed by atoms with E-state index in [2.05, 4.69) is 23.6 Å². The van der Waals surface area contributed by atoms with E-state index in [1.54, 1.807) is 6.92 Å². The van der Waals surface area contributed by atoms with Gasteiger partial charge in [-0.25, -0.2) is 0 Å². The van der Waals surface area contributed by atoms with Gasteiger partial charge in [0.15, 0.2) is 5.79 Å². The van der Waals surface area contributed by atoms with Gasteiger partial charge in [0, 0.05) is 50.4 Å². The molecule has 4 aliphatic carbocycles. The number of carbonyl (C=O) groups excluding carboxylic acids is 1. The van der Waals surface area contributed by atoms with Crippen LogP contribution in [-0.2, 0) is 19.0 Å². The Hall–Kier alpha value is -0.730. The fourth-order valence-electron chi connectivity index (χ4n) is 11.4. The molecule has 10 atom stereocenters. The van der Waals surface area contributed by atoms with E-state index in [4.69, 9.17) is 14.2 Å². The number of likely N-dealkylation sites (tertiary alicyclic amines) is 2. The van der Waals surface area contributed by atoms with Crippen molar-refractivity contribution in [3.8, 4) is 0 Å². The third-order valence-corrected chi connectivity index (χ3v) is 13.4. The summed E-state index contributed by atoms with van der Waals surface area (Å²) in [5.41, 5.74) is 0.353. The van der Waals surface area contributed by atoms with Gasteiger partial charge in [0.2, 0.25) is 0 Å². The van der Waals surface area contributed by atoms with Crippen LogP contribution < -0.4 is 0 Å². The fourth-order valence-corrected chi connectivity index (χ4v) is 11.4. The number of rotatable bonds is 3. The van der Waals surface area contributed by atoms with Gasteiger partial charge in [0.05, 0.1) is 19.3 Å². The molecular formula is C32H52N2O5. The van der Waals surface area contributed by atoms with Crippen molar-refractivity contribution in [2.24, 2.45) is 34.5 Å². The van der Waals surface area contributed by atoms with Crippen molar-refractivity contribution in [3.63, 3.8) is 0 Å². The van der Waals surface area contributed by atoms with Crippen molar-refractivity contribution < 1.29 is 24.1 Å². The van der Waals surface area contributed by atoms with Gasteiger partial charge in [-0.1, -0.05) is 13.8 Å². The molecule has 220 valence electrons. The number of ether oxygens (including phenoxy) is 3. The average molecular weight is 545 g/mol. The van der Waals surface area contributed by atoms with Gasteiger partial charge >= 0.3 is 5.97 Å². The largest absolute Gasteiger partial charge is 0.460 e. The van der Waals surface area contributed by atoms with Crippen LogP contribution in [0.1, 0.15) is 91.4 Å². The van der Waals surface area contributed by atoms with Gasteiger partial charge in [0.1, 0.15) is 6.10 Å². The Morgan fingerprint density at radius 2 is 1.54 bits per heavy atom. The first-order valence-corrected chi connectivity index (χ1v) is 16.3. The quantitative estimate of drug-likeness (QED) is 0.534. The van der Waals surface area contributed by atoms with Gasteiger partial charge in [-0.15, -0.1) is 0 Å². The molecule has 7 heteroatoms. The van der Waals surface area contributed by atoms with E-state index in [0.717, 1.165) is 58.3 Å². The number of hydrogen-bond donors (Lipinski definition) is 1. The Morgan fingerprint density at radius 1 is 0.846 bits per heavy atom. The molecule has 39 heavy (non-hydrogen) atoms. The second kappa shape index (κ2) is 9.93. The lowest BCUT2D eigenvalue weighted by Crippen LogP contribution is -2.61. The lowest BCUT2D eigenvalue weighted by molar-refractivity contribution is -0.200. The van der Waals surface area contributed by atoms with Crippen molar-refractivity contribution in [3.05, 3.63) is 0 Å². The molecule has 7 rings (SSSR count). The number of esters is 1. The summed E-state index contributed by atoms with van der Waals surface area (Å²) in [6.45, 7) is 12.3. The number of nitrogens with zero attached hydrogens (tertiary/aromatic N) is 2. The number of aliphatic hydroxyl groups is 1. The summed E-state index contributed by atoms with van der Waals surface area (Å²) in [6.07, 6.45) is 12.4. The Balaban J connectivity index is 1.11. The Labute approximate surface area is 235 Å². The summed E-state index contributed by atoms with van der Waals surface area (Å²) >= 11 is 0. The lowest BCUT2D eigenvalue weighted by Gasteiger charge is -2.62. The first-order valence-electron chi connectivity index (χ1n) is 16.3. The second-order valence-corrected chi connectivity index (χ2v) is 15.0. The number of hydrogen-bond acceptors (Lipinski definition) is 7. The highest BCUT2D eigenvalue weighted by Crippen LogP contribution is 2.67. The lowest BCUT2D eigenvalue weighted by atomic mass is 9.44. The van der Waals surface area contributed by atoms with E-state index in [1.165, 1.54) is 38.5 Å². The maximum Gasteiger partial charge on any atom is 0.302 e. The van der Waals surface area contributed by atoms with Gasteiger partial charge < -0.3 is 19.3 Å². The molecule has 0 bridgehead atoms. The molecule has 0 aromatic rings. The van der Waals surface area contributed by atoms with Crippen molar-refractivity contribution in [1.82, 2.24) is 9.80 Å². The Kier molecular flexibility index (Phi) is 6.91. The zero-order valence-electron chi connectivity index (χ0n) is 24.6. The van der Waals surface area contributed by atoms with Crippen molar-refractivity contribution in [2.75, 3.05) is 39.4 Å². The van der Waals surface area contributed by atoms with E-state index in [-0.39, 0.29) is 40.8 Å². The van der Waals surface area contributed by atoms with Gasteiger partial charge in [0.25, 0.3) is 0 Å². The maximum atomic E-state index is 12.3. The SMILES string of the molecule is CC(=O)O[C@H]1[C@@H](N2CCCC2)C[C@H]2[C@@H]3CC[C@H]4C[C@H](O)[C@@H](N5CCC6(CC5)OCCO6)C[C@]4(C)[C@H]3CC[C@@]21C. The van der Waals surface area contributed by atoms with Crippen LogP contribution in [-0.4, -0.2) is 90.3 Å². The third kappa shape index (κ3) is 4.35. The molecule has 0 radical (unpaired) electrons. The molecule has 0 aromatic heterocycles. The highest BCUT2D eigenvalue weighted by molar-refractivity contribution is 5.66. The Morgan fingerprint density at radius 3 is 2.23 bits per heavy atom. The maximum absolute atomic E-state index is 12.3. The zero-order valence-corrected chi connectivity index (χ0v) is 24.6. The van der Waals surface area contributed by atoms with Crippen LogP contribution in [0.15, 0.2) is 0 Å². The standard InChI is InChI=1S/C32H52N2O5/c1-21(35)39-29-26(33-12-4-5-13-33)19-25-23-7-6-22-18-28(36)27(20-31(22,3)24(23)8-9-30(25,29)2)34-14-10-32(11-15-34)37-16-17-38-32/h22-29,36H,4-20H2,1-3H3/t22-,23+,24-,25-,26-,27-,28-,29-,30-,31-/m0/s1. The summed E-state index contributed by atoms with van der Waals surface area (Å²) in [6, 6.07) is 0.629. The van der Waals surface area contributed by atoms with E-state index in [0.29, 0.717) is 42.9 Å². The highest BCUT2D eigenvalue weighted by atomic mass is 16.7. The molecule has 3 aliphatic heterocycles. The topological polar surface area (TPSA) is 71.5 Å². The molecular weight excluding hydrogens is 492 g/mol. The van der Waals surface area contributed by atoms with Crippen LogP contribution in [0, 0.1) is 34.5 Å². The molecule has 7 fully saturated rings. The average Bonchev–Trinajstić information content (AvgIpc) is 3.65. The summed E-state index contributed by atoms with van der Waals surface area (Å²) < 4.78 is 18.2. The monoisotopic (exact) mass is 544 g/mol. The van der Waals surface area contributed by atoms with E-state index < -0.39 is 0 Å². The highest BCUT2D eigenvalue weighted by Gasteiger charge is 2.65. The first-order chi connectivity index (χ1) is 18.7. The van der Waals surface area contributed by atoms with E-state index in [1.807, 2.05) is 0 Å². The van der Waals surface area contributed by atoms with E-state index >= 15 is 0 Å². The van der Waals surface area contributed by atoms with Crippen molar-refractivity contribution >= 4 is 5.97 Å². The van der Waals surface area contributed by atoms with Crippen LogP contribution in [0.25, 0.3) is 0 Å². The molecule has 0 aromatic carbocycles. The summed E-state index contributed by atoms with van der Waals surface area (Å²) in [4.78, 5) is 17.6. The summed E-state index contributed by atoms with van der Waals surface area (Å²) in [5, 5.41) is 11.4. The number of piperidine rings is 1. The molecule has 0 amide bonds. The molecule has 4 saturated carbocycles. The minimum atomic E-state index is -0.362. The van der Waals surface area contributed by atoms with Gasteiger partial charge in [-0.3, -0.25) is 14.6 Å². The minimum Gasteiger partial charge on any atom is -0.460 e. The van der Waals surface area contributed by atoms with Crippen LogP contribution in [0.5, 0.6) is 0 Å². The molecule has 7 aliphatic rings. The van der Waals surface area contributed by atoms with Crippen LogP contribution in [0.4, 0.5) is 0 Å². The first kappa shape index (κ1) is 27.1.